The Morgan fingerprint density at radius 3 is 2.77 bits per heavy atom. The number of hydrogen-bond donors (Lipinski definition) is 1. The number of aryl methyl sites for hydroxylation is 1. The van der Waals surface area contributed by atoms with Gasteiger partial charge in [0.05, 0.1) is 0 Å². The number of likely N-dealkylation sites (tertiary alicyclic amines) is 1. The van der Waals surface area contributed by atoms with Gasteiger partial charge in [0.1, 0.15) is 5.82 Å². The van der Waals surface area contributed by atoms with Gasteiger partial charge < -0.3 is 4.90 Å². The number of nitrogens with one attached hydrogen (secondary N) is 1. The molecule has 0 spiro atoms. The van der Waals surface area contributed by atoms with E-state index in [9.17, 15) is 4.79 Å². The highest BCUT2D eigenvalue weighted by Crippen LogP contribution is 2.32. The third-order valence-corrected chi connectivity index (χ3v) is 4.85. The first-order chi connectivity index (χ1) is 10.5. The smallest absolute Gasteiger partial charge is 0.323 e. The second-order valence-electron chi connectivity index (χ2n) is 6.76. The minimum Gasteiger partial charge on any atom is -0.323 e. The molecule has 3 heterocycles. The van der Waals surface area contributed by atoms with Gasteiger partial charge in [-0.15, -0.1) is 0 Å². The molecule has 3 rings (SSSR count). The number of nitrogens with zero attached hydrogens (tertiary/aromatic N) is 3. The molecule has 2 unspecified atom stereocenters. The summed E-state index contributed by atoms with van der Waals surface area (Å²) in [5, 5.41) is 2.94. The highest BCUT2D eigenvalue weighted by Gasteiger charge is 2.39. The molecule has 2 bridgehead atoms. The van der Waals surface area contributed by atoms with E-state index in [0.29, 0.717) is 23.9 Å². The second-order valence-corrected chi connectivity index (χ2v) is 6.76. The Hall–Kier alpha value is -1.62. The lowest BCUT2D eigenvalue weighted by Gasteiger charge is -2.32. The van der Waals surface area contributed by atoms with Crippen LogP contribution in [0, 0.1) is 6.92 Å². The Kier molecular flexibility index (Phi) is 4.34. The molecular formula is C17H26N4O. The lowest BCUT2D eigenvalue weighted by Crippen LogP contribution is -2.45. The number of pyridine rings is 1. The number of anilines is 1. The van der Waals surface area contributed by atoms with Crippen LogP contribution in [-0.4, -0.2) is 52.0 Å². The molecule has 0 saturated carbocycles. The van der Waals surface area contributed by atoms with E-state index in [4.69, 9.17) is 0 Å². The van der Waals surface area contributed by atoms with Gasteiger partial charge in [0.2, 0.25) is 0 Å². The molecule has 5 heteroatoms. The predicted molar refractivity (Wildman–Crippen MR) is 88.0 cm³/mol. The van der Waals surface area contributed by atoms with Crippen molar-refractivity contribution in [3.63, 3.8) is 0 Å². The van der Waals surface area contributed by atoms with Crippen LogP contribution in [-0.2, 0) is 0 Å². The monoisotopic (exact) mass is 302 g/mol. The average molecular weight is 302 g/mol. The summed E-state index contributed by atoms with van der Waals surface area (Å²) in [6, 6.07) is 7.37. The maximum atomic E-state index is 12.5. The van der Waals surface area contributed by atoms with Crippen LogP contribution < -0.4 is 5.32 Å². The van der Waals surface area contributed by atoms with Gasteiger partial charge in [0.15, 0.2) is 0 Å². The van der Waals surface area contributed by atoms with Crippen molar-refractivity contribution in [2.75, 3.05) is 18.4 Å². The van der Waals surface area contributed by atoms with Crippen LogP contribution in [0.1, 0.15) is 38.8 Å². The number of rotatable bonds is 2. The van der Waals surface area contributed by atoms with Crippen molar-refractivity contribution in [1.82, 2.24) is 14.8 Å². The van der Waals surface area contributed by atoms with Crippen molar-refractivity contribution in [1.29, 1.82) is 0 Å². The van der Waals surface area contributed by atoms with E-state index in [1.54, 1.807) is 0 Å². The predicted octanol–water partition coefficient (Wildman–Crippen LogP) is 2.87. The maximum Gasteiger partial charge on any atom is 0.323 e. The van der Waals surface area contributed by atoms with Gasteiger partial charge in [-0.3, -0.25) is 10.2 Å². The third kappa shape index (κ3) is 3.09. The summed E-state index contributed by atoms with van der Waals surface area (Å²) in [4.78, 5) is 21.5. The van der Waals surface area contributed by atoms with Crippen molar-refractivity contribution in [2.24, 2.45) is 0 Å². The van der Waals surface area contributed by atoms with Gasteiger partial charge in [0.25, 0.3) is 0 Å². The molecule has 2 aliphatic heterocycles. The van der Waals surface area contributed by atoms with Crippen molar-refractivity contribution in [2.45, 2.75) is 58.2 Å². The summed E-state index contributed by atoms with van der Waals surface area (Å²) < 4.78 is 0. The van der Waals surface area contributed by atoms with Crippen molar-refractivity contribution < 1.29 is 4.79 Å². The molecule has 0 aliphatic carbocycles. The van der Waals surface area contributed by atoms with Crippen LogP contribution >= 0.6 is 0 Å². The standard InChI is InChI=1S/C17H26N4O/c1-12(2)21-14-7-8-15(21)11-20(10-9-14)17(22)19-16-6-4-5-13(3)18-16/h4-6,12,14-15H,7-11H2,1-3H3,(H,18,19,22). The first-order valence-corrected chi connectivity index (χ1v) is 8.31. The Morgan fingerprint density at radius 1 is 1.27 bits per heavy atom. The molecule has 2 amide bonds. The normalized spacial score (nSPS) is 25.4. The first kappa shape index (κ1) is 15.3. The minimum atomic E-state index is -0.0191. The summed E-state index contributed by atoms with van der Waals surface area (Å²) in [7, 11) is 0. The zero-order chi connectivity index (χ0) is 15.7. The lowest BCUT2D eigenvalue weighted by atomic mass is 10.1. The topological polar surface area (TPSA) is 48.5 Å². The van der Waals surface area contributed by atoms with Gasteiger partial charge in [-0.25, -0.2) is 9.78 Å². The van der Waals surface area contributed by atoms with Crippen LogP contribution in [0.4, 0.5) is 10.6 Å². The summed E-state index contributed by atoms with van der Waals surface area (Å²) in [6.45, 7) is 8.12. The van der Waals surface area contributed by atoms with E-state index in [1.807, 2.05) is 30.0 Å². The number of carbonyl (C=O) groups excluding carboxylic acids is 1. The van der Waals surface area contributed by atoms with E-state index in [2.05, 4.69) is 29.0 Å². The summed E-state index contributed by atoms with van der Waals surface area (Å²) in [5.74, 6) is 0.639. The Bertz CT molecular complexity index is 545. The van der Waals surface area contributed by atoms with Crippen LogP contribution in [0.3, 0.4) is 0 Å². The molecular weight excluding hydrogens is 276 g/mol. The molecule has 1 aromatic rings. The number of hydrogen-bond acceptors (Lipinski definition) is 3. The molecule has 120 valence electrons. The Balaban J connectivity index is 1.67. The van der Waals surface area contributed by atoms with Crippen LogP contribution in [0.15, 0.2) is 18.2 Å². The first-order valence-electron chi connectivity index (χ1n) is 8.31. The van der Waals surface area contributed by atoms with Crippen LogP contribution in [0.25, 0.3) is 0 Å². The molecule has 1 aromatic heterocycles. The Labute approximate surface area is 132 Å². The van der Waals surface area contributed by atoms with E-state index in [0.717, 1.165) is 25.2 Å². The molecule has 0 aromatic carbocycles. The number of carbonyl (C=O) groups is 1. The van der Waals surface area contributed by atoms with Crippen LogP contribution in [0.5, 0.6) is 0 Å². The lowest BCUT2D eigenvalue weighted by molar-refractivity contribution is 0.149. The highest BCUT2D eigenvalue weighted by molar-refractivity contribution is 5.88. The molecule has 2 fully saturated rings. The number of aromatic nitrogens is 1. The van der Waals surface area contributed by atoms with Gasteiger partial charge in [-0.05, 0) is 52.2 Å². The quantitative estimate of drug-likeness (QED) is 0.914. The summed E-state index contributed by atoms with van der Waals surface area (Å²) in [5.41, 5.74) is 0.915. The number of fused-ring (bicyclic) bond motifs is 2. The molecule has 1 N–H and O–H groups in total. The van der Waals surface area contributed by atoms with E-state index >= 15 is 0 Å². The van der Waals surface area contributed by atoms with Crippen molar-refractivity contribution in [3.05, 3.63) is 23.9 Å². The van der Waals surface area contributed by atoms with E-state index in [-0.39, 0.29) is 6.03 Å². The fourth-order valence-corrected chi connectivity index (χ4v) is 3.94. The maximum absolute atomic E-state index is 12.5. The third-order valence-electron chi connectivity index (χ3n) is 4.85. The van der Waals surface area contributed by atoms with E-state index < -0.39 is 0 Å². The van der Waals surface area contributed by atoms with Crippen molar-refractivity contribution >= 4 is 11.8 Å². The fraction of sp³-hybridized carbons (Fsp3) is 0.647. The minimum absolute atomic E-state index is 0.0191. The largest absolute Gasteiger partial charge is 0.323 e. The van der Waals surface area contributed by atoms with Gasteiger partial charge >= 0.3 is 6.03 Å². The molecule has 2 saturated heterocycles. The van der Waals surface area contributed by atoms with Gasteiger partial charge in [-0.1, -0.05) is 6.07 Å². The number of urea groups is 1. The summed E-state index contributed by atoms with van der Waals surface area (Å²) in [6.07, 6.45) is 3.55. The molecule has 2 aliphatic rings. The zero-order valence-corrected chi connectivity index (χ0v) is 13.7. The fourth-order valence-electron chi connectivity index (χ4n) is 3.94. The average Bonchev–Trinajstić information content (AvgIpc) is 2.73. The molecule has 22 heavy (non-hydrogen) atoms. The second kappa shape index (κ2) is 6.24. The molecule has 5 nitrogen and oxygen atoms in total. The van der Waals surface area contributed by atoms with Crippen molar-refractivity contribution in [3.8, 4) is 0 Å². The van der Waals surface area contributed by atoms with Gasteiger partial charge in [0, 0.05) is 36.9 Å². The molecule has 0 radical (unpaired) electrons. The summed E-state index contributed by atoms with van der Waals surface area (Å²) >= 11 is 0. The highest BCUT2D eigenvalue weighted by atomic mass is 16.2. The Morgan fingerprint density at radius 2 is 2.05 bits per heavy atom. The van der Waals surface area contributed by atoms with Gasteiger partial charge in [-0.2, -0.15) is 0 Å². The molecule has 2 atom stereocenters. The van der Waals surface area contributed by atoms with Crippen LogP contribution in [0.2, 0.25) is 0 Å². The number of amides is 2. The SMILES string of the molecule is Cc1cccc(NC(=O)N2CCC3CCC(C2)N3C(C)C)n1. The zero-order valence-electron chi connectivity index (χ0n) is 13.7. The van der Waals surface area contributed by atoms with E-state index in [1.165, 1.54) is 12.8 Å².